The molecule has 82 valence electrons. The SMILES string of the molecule is O=C(O)CC(C(=O)O)C(O)C(=O)O.[BiH3]. The van der Waals surface area contributed by atoms with E-state index < -0.39 is 36.4 Å². The molecule has 7 nitrogen and oxygen atoms in total. The standard InChI is InChI=1S/C6H8O7.Bi.3H/c7-3(8)1-2(5(10)11)4(9)6(12)13;;;;/h2,4,9H,1H2,(H,7,8)(H,10,11)(H,12,13);;;;. The number of carbonyl (C=O) groups is 3. The Bertz CT molecular complexity index is 238. The number of hydrogen-bond donors (Lipinski definition) is 4. The minimum absolute atomic E-state index is 0. The molecule has 0 fully saturated rings. The Hall–Kier alpha value is -0.747. The monoisotopic (exact) mass is 404 g/mol. The van der Waals surface area contributed by atoms with Gasteiger partial charge in [0.05, 0.1) is 6.42 Å². The molecule has 0 heterocycles. The second-order valence-electron chi connectivity index (χ2n) is 2.33. The molecule has 0 bridgehead atoms. The van der Waals surface area contributed by atoms with Crippen LogP contribution >= 0.6 is 0 Å². The number of rotatable bonds is 5. The molecule has 0 aliphatic carbocycles. The van der Waals surface area contributed by atoms with E-state index in [9.17, 15) is 14.4 Å². The van der Waals surface area contributed by atoms with Gasteiger partial charge in [-0.05, 0) is 0 Å². The van der Waals surface area contributed by atoms with E-state index in [4.69, 9.17) is 20.4 Å². The summed E-state index contributed by atoms with van der Waals surface area (Å²) in [5.74, 6) is -6.71. The van der Waals surface area contributed by atoms with Crippen LogP contribution in [0.3, 0.4) is 0 Å². The van der Waals surface area contributed by atoms with Crippen LogP contribution in [-0.2, 0) is 14.4 Å². The predicted octanol–water partition coefficient (Wildman–Crippen LogP) is -2.58. The summed E-state index contributed by atoms with van der Waals surface area (Å²) >= 11 is 0. The molecule has 14 heavy (non-hydrogen) atoms. The number of carboxylic acids is 3. The van der Waals surface area contributed by atoms with Gasteiger partial charge in [-0.15, -0.1) is 0 Å². The van der Waals surface area contributed by atoms with E-state index in [1.54, 1.807) is 0 Å². The zero-order valence-electron chi connectivity index (χ0n) is 7.08. The first-order valence-electron chi connectivity index (χ1n) is 3.21. The van der Waals surface area contributed by atoms with Gasteiger partial charge in [0.2, 0.25) is 0 Å². The van der Waals surface area contributed by atoms with Crippen molar-refractivity contribution in [2.45, 2.75) is 12.5 Å². The molecule has 0 aromatic carbocycles. The Morgan fingerprint density at radius 3 is 1.64 bits per heavy atom. The Labute approximate surface area is 97.5 Å². The molecule has 0 aliphatic heterocycles. The van der Waals surface area contributed by atoms with Crippen molar-refractivity contribution in [3.05, 3.63) is 0 Å². The predicted molar refractivity (Wildman–Crippen MR) is 47.0 cm³/mol. The maximum absolute atomic E-state index is 10.3. The summed E-state index contributed by atoms with van der Waals surface area (Å²) in [6.45, 7) is 0. The van der Waals surface area contributed by atoms with Gasteiger partial charge in [-0.2, -0.15) is 0 Å². The van der Waals surface area contributed by atoms with Gasteiger partial charge < -0.3 is 20.4 Å². The molecule has 0 rings (SSSR count). The number of aliphatic hydroxyl groups excluding tert-OH is 1. The normalized spacial score (nSPS) is 13.5. The van der Waals surface area contributed by atoms with Crippen LogP contribution in [-0.4, -0.2) is 70.6 Å². The van der Waals surface area contributed by atoms with E-state index in [-0.39, 0.29) is 26.2 Å². The third-order valence-corrected chi connectivity index (χ3v) is 1.35. The first-order chi connectivity index (χ1) is 5.86. The van der Waals surface area contributed by atoms with Crippen molar-refractivity contribution in [3.63, 3.8) is 0 Å². The van der Waals surface area contributed by atoms with Crippen LogP contribution in [0.1, 0.15) is 6.42 Å². The van der Waals surface area contributed by atoms with E-state index in [1.807, 2.05) is 0 Å². The van der Waals surface area contributed by atoms with Crippen molar-refractivity contribution in [1.82, 2.24) is 0 Å². The van der Waals surface area contributed by atoms with Crippen molar-refractivity contribution < 1.29 is 34.8 Å². The van der Waals surface area contributed by atoms with Crippen molar-refractivity contribution in [1.29, 1.82) is 0 Å². The molecule has 0 aliphatic rings. The van der Waals surface area contributed by atoms with Crippen LogP contribution < -0.4 is 0 Å². The second kappa shape index (κ2) is 6.67. The summed E-state index contributed by atoms with van der Waals surface area (Å²) in [6, 6.07) is 0. The second-order valence-corrected chi connectivity index (χ2v) is 2.33. The first-order valence-corrected chi connectivity index (χ1v) is 3.21. The summed E-state index contributed by atoms with van der Waals surface area (Å²) in [7, 11) is 0. The molecule has 0 radical (unpaired) electrons. The van der Waals surface area contributed by atoms with Gasteiger partial charge in [-0.1, -0.05) is 0 Å². The molecular formula is C6H11BiO7. The minimum atomic E-state index is -2.20. The van der Waals surface area contributed by atoms with E-state index in [0.717, 1.165) is 0 Å². The van der Waals surface area contributed by atoms with Crippen molar-refractivity contribution in [2.75, 3.05) is 0 Å². The van der Waals surface area contributed by atoms with Crippen molar-refractivity contribution >= 4 is 44.1 Å². The fourth-order valence-electron chi connectivity index (χ4n) is 0.694. The molecule has 8 heteroatoms. The molecule has 0 aromatic heterocycles. The molecule has 4 N–H and O–H groups in total. The Morgan fingerprint density at radius 2 is 1.43 bits per heavy atom. The Kier molecular flexibility index (Phi) is 7.49. The number of aliphatic hydroxyl groups is 1. The van der Waals surface area contributed by atoms with Gasteiger partial charge >= 0.3 is 44.1 Å². The van der Waals surface area contributed by atoms with Gasteiger partial charge in [0.25, 0.3) is 0 Å². The summed E-state index contributed by atoms with van der Waals surface area (Å²) in [5, 5.41) is 33.5. The quantitative estimate of drug-likeness (QED) is 0.370. The fraction of sp³-hybridized carbons (Fsp3) is 0.500. The van der Waals surface area contributed by atoms with Crippen molar-refractivity contribution in [3.8, 4) is 0 Å². The molecule has 2 atom stereocenters. The van der Waals surface area contributed by atoms with Crippen LogP contribution in [0, 0.1) is 5.92 Å². The number of aliphatic carboxylic acids is 3. The van der Waals surface area contributed by atoms with Crippen LogP contribution in [0.25, 0.3) is 0 Å². The van der Waals surface area contributed by atoms with Crippen LogP contribution in [0.5, 0.6) is 0 Å². The average molecular weight is 404 g/mol. The molecule has 0 amide bonds. The topological polar surface area (TPSA) is 132 Å². The molecular weight excluding hydrogens is 393 g/mol. The van der Waals surface area contributed by atoms with E-state index in [1.165, 1.54) is 0 Å². The third-order valence-electron chi connectivity index (χ3n) is 1.35. The Morgan fingerprint density at radius 1 is 1.00 bits per heavy atom. The fourth-order valence-corrected chi connectivity index (χ4v) is 0.694. The molecule has 0 saturated carbocycles. The summed E-state index contributed by atoms with van der Waals surface area (Å²) in [5.41, 5.74) is 0. The van der Waals surface area contributed by atoms with Gasteiger partial charge in [0.1, 0.15) is 5.92 Å². The van der Waals surface area contributed by atoms with Crippen molar-refractivity contribution in [2.24, 2.45) is 5.92 Å². The Balaban J connectivity index is 0. The zero-order chi connectivity index (χ0) is 10.6. The van der Waals surface area contributed by atoms with E-state index >= 15 is 0 Å². The van der Waals surface area contributed by atoms with E-state index in [2.05, 4.69) is 0 Å². The summed E-state index contributed by atoms with van der Waals surface area (Å²) in [4.78, 5) is 30.5. The molecule has 0 aromatic rings. The third kappa shape index (κ3) is 5.08. The number of carboxylic acid groups (broad SMARTS) is 3. The zero-order valence-corrected chi connectivity index (χ0v) is 12.6. The van der Waals surface area contributed by atoms with Gasteiger partial charge in [0.15, 0.2) is 6.10 Å². The van der Waals surface area contributed by atoms with Gasteiger partial charge in [-0.3, -0.25) is 9.59 Å². The number of hydrogen-bond acceptors (Lipinski definition) is 4. The molecule has 0 spiro atoms. The van der Waals surface area contributed by atoms with Crippen LogP contribution in [0.4, 0.5) is 0 Å². The van der Waals surface area contributed by atoms with E-state index in [0.29, 0.717) is 0 Å². The molecule has 0 saturated heterocycles. The average Bonchev–Trinajstić information content (AvgIpc) is 1.97. The van der Waals surface area contributed by atoms with Gasteiger partial charge in [0, 0.05) is 0 Å². The molecule has 2 unspecified atom stereocenters. The van der Waals surface area contributed by atoms with Crippen LogP contribution in [0.15, 0.2) is 0 Å². The summed E-state index contributed by atoms with van der Waals surface area (Å²) in [6.07, 6.45) is -3.13. The first kappa shape index (κ1) is 15.7. The van der Waals surface area contributed by atoms with Gasteiger partial charge in [-0.25, -0.2) is 4.79 Å². The maximum atomic E-state index is 10.3. The summed E-state index contributed by atoms with van der Waals surface area (Å²) < 4.78 is 0. The van der Waals surface area contributed by atoms with Crippen LogP contribution in [0.2, 0.25) is 0 Å².